The molecule has 150 valence electrons. The molecule has 0 spiro atoms. The van der Waals surface area contributed by atoms with Gasteiger partial charge in [-0.15, -0.1) is 0 Å². The summed E-state index contributed by atoms with van der Waals surface area (Å²) in [6, 6.07) is 24.4. The van der Waals surface area contributed by atoms with Crippen molar-refractivity contribution in [3.05, 3.63) is 95.6 Å². The molecule has 0 radical (unpaired) electrons. The fraction of sp³-hybridized carbons (Fsp3) is 0.125. The highest BCUT2D eigenvalue weighted by Gasteiger charge is 2.29. The van der Waals surface area contributed by atoms with Gasteiger partial charge in [0, 0.05) is 23.9 Å². The first-order chi connectivity index (χ1) is 14.5. The SMILES string of the molecule is Cc1cccc(NC(=O)CN2N=C(c3ccccc3)c3ccccc3N(C)C2=O)c1. The van der Waals surface area contributed by atoms with Crippen LogP contribution in [0, 0.1) is 6.92 Å². The summed E-state index contributed by atoms with van der Waals surface area (Å²) in [7, 11) is 1.69. The van der Waals surface area contributed by atoms with Crippen LogP contribution >= 0.6 is 0 Å². The Kier molecular flexibility index (Phi) is 5.30. The first-order valence-corrected chi connectivity index (χ1v) is 9.68. The molecule has 0 aromatic heterocycles. The molecule has 0 saturated heterocycles. The third-order valence-electron chi connectivity index (χ3n) is 4.89. The van der Waals surface area contributed by atoms with Crippen LogP contribution in [0.5, 0.6) is 0 Å². The van der Waals surface area contributed by atoms with Crippen LogP contribution in [-0.4, -0.2) is 36.3 Å². The predicted molar refractivity (Wildman–Crippen MR) is 119 cm³/mol. The van der Waals surface area contributed by atoms with Crippen LogP contribution in [0.1, 0.15) is 16.7 Å². The topological polar surface area (TPSA) is 65.0 Å². The van der Waals surface area contributed by atoms with Gasteiger partial charge in [0.2, 0.25) is 5.91 Å². The van der Waals surface area contributed by atoms with Crippen molar-refractivity contribution in [2.24, 2.45) is 5.10 Å². The predicted octanol–water partition coefficient (Wildman–Crippen LogP) is 4.26. The number of hydrazone groups is 1. The molecule has 0 bridgehead atoms. The van der Waals surface area contributed by atoms with E-state index in [0.717, 1.165) is 22.4 Å². The maximum Gasteiger partial charge on any atom is 0.345 e. The molecule has 1 aliphatic rings. The van der Waals surface area contributed by atoms with Crippen molar-refractivity contribution < 1.29 is 9.59 Å². The van der Waals surface area contributed by atoms with Gasteiger partial charge in [0.15, 0.2) is 0 Å². The van der Waals surface area contributed by atoms with Crippen LogP contribution < -0.4 is 10.2 Å². The number of urea groups is 1. The average molecular weight is 398 g/mol. The first kappa shape index (κ1) is 19.4. The number of para-hydroxylation sites is 1. The van der Waals surface area contributed by atoms with Gasteiger partial charge in [-0.25, -0.2) is 9.80 Å². The molecule has 1 aliphatic heterocycles. The second-order valence-corrected chi connectivity index (χ2v) is 7.15. The summed E-state index contributed by atoms with van der Waals surface area (Å²) in [5.74, 6) is -0.315. The van der Waals surface area contributed by atoms with Gasteiger partial charge in [-0.1, -0.05) is 60.7 Å². The molecule has 0 aliphatic carbocycles. The maximum absolute atomic E-state index is 13.1. The Morgan fingerprint density at radius 1 is 0.967 bits per heavy atom. The van der Waals surface area contributed by atoms with Crippen LogP contribution in [0.4, 0.5) is 16.2 Å². The molecule has 0 unspecified atom stereocenters. The molecule has 30 heavy (non-hydrogen) atoms. The van der Waals surface area contributed by atoms with Gasteiger partial charge >= 0.3 is 6.03 Å². The molecule has 0 saturated carbocycles. The zero-order valence-electron chi connectivity index (χ0n) is 16.9. The fourth-order valence-corrected chi connectivity index (χ4v) is 3.43. The minimum absolute atomic E-state index is 0.193. The van der Waals surface area contributed by atoms with Gasteiger partial charge < -0.3 is 5.32 Å². The van der Waals surface area contributed by atoms with E-state index in [2.05, 4.69) is 10.4 Å². The molecular formula is C24H22N4O2. The van der Waals surface area contributed by atoms with E-state index in [0.29, 0.717) is 11.4 Å². The standard InChI is InChI=1S/C24H22N4O2/c1-17-9-8-12-19(15-17)25-22(29)16-28-24(30)27(2)21-14-7-6-13-20(21)23(26-28)18-10-4-3-5-11-18/h3-15H,16H2,1-2H3,(H,25,29). The van der Waals surface area contributed by atoms with Gasteiger partial charge in [0.25, 0.3) is 0 Å². The van der Waals surface area contributed by atoms with E-state index in [1.54, 1.807) is 7.05 Å². The summed E-state index contributed by atoms with van der Waals surface area (Å²) in [4.78, 5) is 27.3. The maximum atomic E-state index is 13.1. The highest BCUT2D eigenvalue weighted by molar-refractivity contribution is 6.19. The molecule has 1 N–H and O–H groups in total. The van der Waals surface area contributed by atoms with Crippen molar-refractivity contribution in [1.82, 2.24) is 5.01 Å². The zero-order valence-corrected chi connectivity index (χ0v) is 16.9. The summed E-state index contributed by atoms with van der Waals surface area (Å²) >= 11 is 0. The Labute approximate surface area is 175 Å². The Morgan fingerprint density at radius 3 is 2.47 bits per heavy atom. The van der Waals surface area contributed by atoms with Crippen molar-refractivity contribution in [2.75, 3.05) is 23.8 Å². The lowest BCUT2D eigenvalue weighted by Crippen LogP contribution is -2.41. The van der Waals surface area contributed by atoms with Crippen LogP contribution in [0.15, 0.2) is 84.0 Å². The third kappa shape index (κ3) is 3.93. The Morgan fingerprint density at radius 2 is 1.70 bits per heavy atom. The second-order valence-electron chi connectivity index (χ2n) is 7.15. The molecule has 0 atom stereocenters. The number of hydrogen-bond donors (Lipinski definition) is 1. The fourth-order valence-electron chi connectivity index (χ4n) is 3.43. The number of carbonyl (C=O) groups is 2. The normalized spacial score (nSPS) is 13.4. The van der Waals surface area contributed by atoms with E-state index in [9.17, 15) is 9.59 Å². The second kappa shape index (κ2) is 8.21. The van der Waals surface area contributed by atoms with E-state index < -0.39 is 0 Å². The van der Waals surface area contributed by atoms with E-state index in [1.165, 1.54) is 9.91 Å². The number of aryl methyl sites for hydroxylation is 1. The summed E-state index contributed by atoms with van der Waals surface area (Å²) in [6.45, 7) is 1.76. The van der Waals surface area contributed by atoms with Gasteiger partial charge in [-0.2, -0.15) is 5.10 Å². The number of nitrogens with one attached hydrogen (secondary N) is 1. The number of carbonyl (C=O) groups excluding carboxylic acids is 2. The van der Waals surface area contributed by atoms with Gasteiger partial charge in [0.05, 0.1) is 5.69 Å². The molecule has 4 rings (SSSR count). The Balaban J connectivity index is 1.69. The summed E-state index contributed by atoms with van der Waals surface area (Å²) in [5, 5.41) is 8.67. The van der Waals surface area contributed by atoms with Crippen molar-refractivity contribution in [1.29, 1.82) is 0 Å². The summed E-state index contributed by atoms with van der Waals surface area (Å²) in [6.07, 6.45) is 0. The monoisotopic (exact) mass is 398 g/mol. The molecule has 1 heterocycles. The first-order valence-electron chi connectivity index (χ1n) is 9.68. The quantitative estimate of drug-likeness (QED) is 0.714. The average Bonchev–Trinajstić information content (AvgIpc) is 2.85. The molecule has 6 nitrogen and oxygen atoms in total. The Hall–Kier alpha value is -3.93. The lowest BCUT2D eigenvalue weighted by molar-refractivity contribution is -0.116. The number of benzene rings is 3. The number of nitrogens with zero attached hydrogens (tertiary/aromatic N) is 3. The minimum Gasteiger partial charge on any atom is -0.324 e. The van der Waals surface area contributed by atoms with Crippen molar-refractivity contribution in [3.8, 4) is 0 Å². The summed E-state index contributed by atoms with van der Waals surface area (Å²) < 4.78 is 0. The van der Waals surface area contributed by atoms with E-state index in [1.807, 2.05) is 85.8 Å². The van der Waals surface area contributed by atoms with Crippen LogP contribution in [0.2, 0.25) is 0 Å². The van der Waals surface area contributed by atoms with Gasteiger partial charge in [0.1, 0.15) is 12.3 Å². The number of anilines is 2. The molecule has 3 amide bonds. The van der Waals surface area contributed by atoms with Gasteiger partial charge in [-0.3, -0.25) is 9.69 Å². The highest BCUT2D eigenvalue weighted by atomic mass is 16.2. The van der Waals surface area contributed by atoms with Crippen molar-refractivity contribution in [2.45, 2.75) is 6.92 Å². The zero-order chi connectivity index (χ0) is 21.1. The van der Waals surface area contributed by atoms with Crippen molar-refractivity contribution in [3.63, 3.8) is 0 Å². The number of fused-ring (bicyclic) bond motifs is 1. The molecule has 0 fully saturated rings. The largest absolute Gasteiger partial charge is 0.345 e. The van der Waals surface area contributed by atoms with Gasteiger partial charge in [-0.05, 0) is 30.7 Å². The van der Waals surface area contributed by atoms with Crippen LogP contribution in [0.25, 0.3) is 0 Å². The lowest BCUT2D eigenvalue weighted by Gasteiger charge is -2.22. The lowest BCUT2D eigenvalue weighted by atomic mass is 10.0. The number of hydrogen-bond acceptors (Lipinski definition) is 3. The van der Waals surface area contributed by atoms with E-state index in [-0.39, 0.29) is 18.5 Å². The third-order valence-corrected chi connectivity index (χ3v) is 4.89. The van der Waals surface area contributed by atoms with Crippen LogP contribution in [-0.2, 0) is 4.79 Å². The molecule has 3 aromatic carbocycles. The van der Waals surface area contributed by atoms with E-state index >= 15 is 0 Å². The number of amides is 3. The molecular weight excluding hydrogens is 376 g/mol. The van der Waals surface area contributed by atoms with E-state index in [4.69, 9.17) is 0 Å². The van der Waals surface area contributed by atoms with Crippen LogP contribution in [0.3, 0.4) is 0 Å². The highest BCUT2D eigenvalue weighted by Crippen LogP contribution is 2.27. The molecule has 3 aromatic rings. The minimum atomic E-state index is -0.368. The molecule has 6 heteroatoms. The summed E-state index contributed by atoms with van der Waals surface area (Å²) in [5.41, 5.74) is 4.82. The number of rotatable bonds is 4. The Bertz CT molecular complexity index is 1120. The van der Waals surface area contributed by atoms with Crippen molar-refractivity contribution >= 4 is 29.0 Å². The smallest absolute Gasteiger partial charge is 0.324 e.